The Kier molecular flexibility index (Phi) is 21.5. The zero-order chi connectivity index (χ0) is 99.1. The molecule has 0 radical (unpaired) electrons. The van der Waals surface area contributed by atoms with Gasteiger partial charge >= 0.3 is 0 Å². The fourth-order valence-electron chi connectivity index (χ4n) is 21.3. The van der Waals surface area contributed by atoms with Crippen LogP contribution in [-0.2, 0) is 0 Å². The van der Waals surface area contributed by atoms with Gasteiger partial charge < -0.3 is 27.0 Å². The van der Waals surface area contributed by atoms with Crippen LogP contribution in [0.5, 0.6) is 0 Å². The van der Waals surface area contributed by atoms with Crippen LogP contribution in [0, 0.1) is 0 Å². The highest BCUT2D eigenvalue weighted by molar-refractivity contribution is 6.27. The molecule has 15 nitrogen and oxygen atoms in total. The number of rotatable bonds is 15. The Balaban J connectivity index is 0.000000109. The summed E-state index contributed by atoms with van der Waals surface area (Å²) >= 11 is 0. The van der Waals surface area contributed by atoms with E-state index in [-0.39, 0.29) is 0 Å². The van der Waals surface area contributed by atoms with Gasteiger partial charge in [-0.1, -0.05) is 376 Å². The molecule has 0 saturated heterocycles. The van der Waals surface area contributed by atoms with Gasteiger partial charge in [0.1, 0.15) is 33.5 Å². The third kappa shape index (κ3) is 15.7. The first kappa shape index (κ1) is 87.3. The van der Waals surface area contributed by atoms with Crippen LogP contribution in [0.15, 0.2) is 523 Å². The molecular formula is C135H84N12O3. The van der Waals surface area contributed by atoms with Gasteiger partial charge in [-0.15, -0.1) is 0 Å². The lowest BCUT2D eigenvalue weighted by Gasteiger charge is -2.11. The molecule has 9 aromatic heterocycles. The summed E-state index contributed by atoms with van der Waals surface area (Å²) in [7, 11) is 0. The van der Waals surface area contributed by atoms with E-state index in [9.17, 15) is 0 Å². The molecule has 0 fully saturated rings. The van der Waals surface area contributed by atoms with Crippen LogP contribution in [0.25, 0.3) is 284 Å². The number of aromatic nitrogens is 12. The Bertz CT molecular complexity index is 10300. The molecule has 0 amide bonds. The minimum Gasteiger partial charge on any atom is -0.455 e. The molecule has 0 saturated carbocycles. The molecule has 30 aromatic rings. The zero-order valence-electron chi connectivity index (χ0n) is 80.6. The normalized spacial score (nSPS) is 11.6. The van der Waals surface area contributed by atoms with Crippen LogP contribution in [0.4, 0.5) is 0 Å². The molecular weight excluding hydrogens is 1840 g/mol. The summed E-state index contributed by atoms with van der Waals surface area (Å²) in [6.07, 6.45) is 0. The van der Waals surface area contributed by atoms with Crippen molar-refractivity contribution in [1.82, 2.24) is 58.6 Å². The third-order valence-corrected chi connectivity index (χ3v) is 28.3. The van der Waals surface area contributed by atoms with E-state index in [1.165, 1.54) is 11.1 Å². The van der Waals surface area contributed by atoms with Crippen molar-refractivity contribution in [2.24, 2.45) is 0 Å². The summed E-state index contributed by atoms with van der Waals surface area (Å²) in [5.41, 5.74) is 30.3. The van der Waals surface area contributed by atoms with Crippen LogP contribution in [0.2, 0.25) is 0 Å². The van der Waals surface area contributed by atoms with Crippen molar-refractivity contribution in [3.05, 3.63) is 510 Å². The predicted molar refractivity (Wildman–Crippen MR) is 610 cm³/mol. The molecule has 0 aliphatic rings. The second kappa shape index (κ2) is 37.0. The van der Waals surface area contributed by atoms with Crippen LogP contribution in [0.1, 0.15) is 0 Å². The molecule has 0 unspecified atom stereocenters. The minimum atomic E-state index is 0.625. The first-order valence-electron chi connectivity index (χ1n) is 50.1. The van der Waals surface area contributed by atoms with E-state index in [0.29, 0.717) is 52.4 Å². The number of hydrogen-bond acceptors (Lipinski definition) is 12. The minimum absolute atomic E-state index is 0.625. The van der Waals surface area contributed by atoms with E-state index in [1.807, 2.05) is 218 Å². The van der Waals surface area contributed by atoms with Crippen LogP contribution in [0.3, 0.4) is 0 Å². The average molecular weight is 1920 g/mol. The molecule has 21 aromatic carbocycles. The molecule has 30 rings (SSSR count). The lowest BCUT2D eigenvalue weighted by molar-refractivity contribution is 0.672. The lowest BCUT2D eigenvalue weighted by atomic mass is 10.00. The fourth-order valence-corrected chi connectivity index (χ4v) is 21.3. The molecule has 0 N–H and O–H groups in total. The van der Waals surface area contributed by atoms with Gasteiger partial charge in [0, 0.05) is 116 Å². The van der Waals surface area contributed by atoms with Crippen molar-refractivity contribution >= 4 is 131 Å². The van der Waals surface area contributed by atoms with Gasteiger partial charge in [-0.25, -0.2) is 44.9 Å². The molecule has 0 bridgehead atoms. The fraction of sp³-hybridized carbons (Fsp3) is 0. The number of fused-ring (bicyclic) bond motifs is 21. The number of furan rings is 3. The van der Waals surface area contributed by atoms with Crippen molar-refractivity contribution in [2.75, 3.05) is 0 Å². The molecule has 0 aliphatic carbocycles. The number of para-hydroxylation sites is 5. The standard InChI is InChI=1S/C51H32N4O.C45H28N4O.C39H24N4O/c1-4-14-33(15-5-1)37-21-13-23-40(31-37)55-44-28-26-38(32-43(44)47-45(55)29-27-42-41-24-10-11-25-46(41)56-48(42)47)36-20-12-22-39(30-36)51-53-49(34-16-6-2-7-17-34)52-50(54-51)35-18-8-3-9-19-35;1-4-13-29(14-5-1)43-46-44(30-15-6-2-7-16-30)48-45(47-43)33-18-12-17-31(27-33)32-23-25-38-37(28-32)41-39(49(38)34-19-8-3-9-20-34)26-24-36-35-21-10-11-22-40(35)50-42(36)41;1-3-12-25(13-4-1)37-40-38(26-14-5-2-6-15-26)42-39(41-37)27-16-11-17-28(24-27)43-32-20-9-7-19-31(32)35-33(43)23-22-30-29-18-8-10-21-34(29)44-36(30)35/h1-32H;1-28H;1-24H. The summed E-state index contributed by atoms with van der Waals surface area (Å²) < 4.78 is 26.8. The summed E-state index contributed by atoms with van der Waals surface area (Å²) in [6, 6.07) is 176. The number of nitrogens with zero attached hydrogens (tertiary/aromatic N) is 12. The van der Waals surface area contributed by atoms with E-state index in [1.54, 1.807) is 0 Å². The Hall–Kier alpha value is -20.6. The second-order valence-electron chi connectivity index (χ2n) is 37.4. The van der Waals surface area contributed by atoms with E-state index in [2.05, 4.69) is 305 Å². The lowest BCUT2D eigenvalue weighted by Crippen LogP contribution is -2.01. The molecule has 0 spiro atoms. The first-order chi connectivity index (χ1) is 74.3. The number of benzene rings is 21. The summed E-state index contributed by atoms with van der Waals surface area (Å²) in [6.45, 7) is 0. The summed E-state index contributed by atoms with van der Waals surface area (Å²) in [4.78, 5) is 44.5. The highest BCUT2D eigenvalue weighted by Gasteiger charge is 2.27. The van der Waals surface area contributed by atoms with Crippen LogP contribution in [-0.4, -0.2) is 58.6 Å². The first-order valence-corrected chi connectivity index (χ1v) is 50.1. The maximum absolute atomic E-state index is 6.70. The van der Waals surface area contributed by atoms with Crippen molar-refractivity contribution in [1.29, 1.82) is 0 Å². The van der Waals surface area contributed by atoms with E-state index in [4.69, 9.17) is 58.1 Å². The monoisotopic (exact) mass is 1920 g/mol. The SMILES string of the molecule is c1ccc(-c2cccc(-n3c4ccc(-c5cccc(-c6nc(-c7ccccc7)nc(-c7ccccc7)n6)c5)cc4c4c5oc6ccccc6c5ccc43)c2)cc1.c1ccc(-c2nc(-c3ccccc3)nc(-c3cccc(-c4ccc5c(c4)c4c6oc7ccccc7c6ccc4n5-c4ccccc4)c3)n2)cc1.c1ccc(-c2nc(-c3ccccc3)nc(-c3cccc(-n4c5ccccc5c5c6oc7ccccc7c6ccc54)c3)n2)cc1. The van der Waals surface area contributed by atoms with Crippen molar-refractivity contribution in [3.8, 4) is 153 Å². The van der Waals surface area contributed by atoms with Gasteiger partial charge in [-0.2, -0.15) is 0 Å². The molecule has 150 heavy (non-hydrogen) atoms. The summed E-state index contributed by atoms with van der Waals surface area (Å²) in [5.74, 6) is 5.73. The van der Waals surface area contributed by atoms with Gasteiger partial charge in [0.05, 0.1) is 49.3 Å². The van der Waals surface area contributed by atoms with E-state index < -0.39 is 0 Å². The molecule has 0 aliphatic heterocycles. The highest BCUT2D eigenvalue weighted by Crippen LogP contribution is 2.48. The Morgan fingerprint density at radius 1 is 0.127 bits per heavy atom. The van der Waals surface area contributed by atoms with Crippen LogP contribution >= 0.6 is 0 Å². The second-order valence-corrected chi connectivity index (χ2v) is 37.4. The average Bonchev–Trinajstić information content (AvgIpc) is 1.55. The quantitative estimate of drug-likeness (QED) is 0.0953. The van der Waals surface area contributed by atoms with Crippen LogP contribution < -0.4 is 0 Å². The highest BCUT2D eigenvalue weighted by atomic mass is 16.3. The third-order valence-electron chi connectivity index (χ3n) is 28.3. The predicted octanol–water partition coefficient (Wildman–Crippen LogP) is 34.6. The van der Waals surface area contributed by atoms with Crippen molar-refractivity contribution < 1.29 is 13.3 Å². The molecule has 15 heteroatoms. The zero-order valence-corrected chi connectivity index (χ0v) is 80.6. The van der Waals surface area contributed by atoms with Gasteiger partial charge in [0.2, 0.25) is 0 Å². The Morgan fingerprint density at radius 2 is 0.347 bits per heavy atom. The van der Waals surface area contributed by atoms with Gasteiger partial charge in [-0.05, 0) is 167 Å². The van der Waals surface area contributed by atoms with E-state index in [0.717, 1.165) is 221 Å². The Morgan fingerprint density at radius 3 is 0.693 bits per heavy atom. The van der Waals surface area contributed by atoms with Crippen molar-refractivity contribution in [3.63, 3.8) is 0 Å². The van der Waals surface area contributed by atoms with Gasteiger partial charge in [0.15, 0.2) is 52.4 Å². The topological polar surface area (TPSA) is 170 Å². The maximum Gasteiger partial charge on any atom is 0.164 e. The summed E-state index contributed by atoms with van der Waals surface area (Å²) in [5, 5.41) is 13.4. The maximum atomic E-state index is 6.70. The van der Waals surface area contributed by atoms with E-state index >= 15 is 0 Å². The van der Waals surface area contributed by atoms with Crippen molar-refractivity contribution in [2.45, 2.75) is 0 Å². The van der Waals surface area contributed by atoms with Gasteiger partial charge in [0.25, 0.3) is 0 Å². The molecule has 702 valence electrons. The largest absolute Gasteiger partial charge is 0.455 e. The Labute approximate surface area is 859 Å². The number of hydrogen-bond donors (Lipinski definition) is 0. The van der Waals surface area contributed by atoms with Gasteiger partial charge in [-0.3, -0.25) is 0 Å². The molecule has 9 heterocycles. The molecule has 0 atom stereocenters. The smallest absolute Gasteiger partial charge is 0.164 e.